The van der Waals surface area contributed by atoms with Crippen LogP contribution in [0.25, 0.3) is 10.0 Å². The zero-order valence-electron chi connectivity index (χ0n) is 20.7. The van der Waals surface area contributed by atoms with Crippen molar-refractivity contribution in [3.63, 3.8) is 0 Å². The van der Waals surface area contributed by atoms with Gasteiger partial charge in [0.05, 0.1) is 0 Å². The summed E-state index contributed by atoms with van der Waals surface area (Å²) in [6.07, 6.45) is 13.7. The van der Waals surface area contributed by atoms with Crippen LogP contribution in [0.3, 0.4) is 0 Å². The second-order valence-corrected chi connectivity index (χ2v) is 11.2. The number of hydrogen-bond acceptors (Lipinski definition) is 2. The van der Waals surface area contributed by atoms with Gasteiger partial charge < -0.3 is 12.4 Å². The maximum atomic E-state index is 2.38. The van der Waals surface area contributed by atoms with Crippen LogP contribution in [0.4, 0.5) is 11.4 Å². The van der Waals surface area contributed by atoms with Crippen molar-refractivity contribution in [2.24, 2.45) is 0 Å². The zero-order valence-corrected chi connectivity index (χ0v) is 23.2. The van der Waals surface area contributed by atoms with Crippen LogP contribution < -0.4 is 22.2 Å². The van der Waals surface area contributed by atoms with Crippen LogP contribution >= 0.6 is 0 Å². The zero-order chi connectivity index (χ0) is 23.5. The topological polar surface area (TPSA) is 9.49 Å². The molecule has 0 spiro atoms. The van der Waals surface area contributed by atoms with Crippen molar-refractivity contribution in [3.8, 4) is 0 Å². The van der Waals surface area contributed by atoms with Gasteiger partial charge in [-0.05, 0) is 0 Å². The minimum Gasteiger partial charge on any atom is -1.00 e. The molecule has 0 saturated carbocycles. The van der Waals surface area contributed by atoms with Gasteiger partial charge in [-0.25, -0.2) is 0 Å². The number of nitrogens with zero attached hydrogens (tertiary/aromatic N) is 3. The van der Waals surface area contributed by atoms with Crippen molar-refractivity contribution in [1.29, 1.82) is 0 Å². The summed E-state index contributed by atoms with van der Waals surface area (Å²) in [6.45, 7) is 0. The Kier molecular flexibility index (Phi) is 8.43. The van der Waals surface area contributed by atoms with Gasteiger partial charge in [0.15, 0.2) is 0 Å². The first-order valence-corrected chi connectivity index (χ1v) is 12.8. The van der Waals surface area contributed by atoms with E-state index in [1.165, 1.54) is 48.3 Å². The molecule has 2 aromatic rings. The van der Waals surface area contributed by atoms with Crippen LogP contribution in [-0.4, -0.2) is 67.5 Å². The fraction of sp³-hybridized carbons (Fsp3) is 0.207. The molecule has 0 unspecified atom stereocenters. The standard InChI is InChI=1S/C29H32N3Se.ClH/c1-30(2)25-13-7-21(8-14-25)24-19-28(22-9-15-26(16-10-22)31(3)4)33-29(20-24)23-11-17-27(18-12-23)32(5)6;/h7-20H,1-6H3;1H/q+1;/p-1. The smallest absolute Gasteiger partial charge is 1.00 e. The maximum Gasteiger partial charge on any atom is -1.00 e. The van der Waals surface area contributed by atoms with E-state index in [9.17, 15) is 0 Å². The summed E-state index contributed by atoms with van der Waals surface area (Å²) in [5.41, 5.74) is 8.79. The van der Waals surface area contributed by atoms with Gasteiger partial charge in [0.2, 0.25) is 0 Å². The minimum absolute atomic E-state index is 0. The van der Waals surface area contributed by atoms with Crippen LogP contribution in [0.2, 0.25) is 0 Å². The minimum atomic E-state index is 0. The molecule has 0 aromatic heterocycles. The van der Waals surface area contributed by atoms with Crippen molar-refractivity contribution in [3.05, 3.63) is 106 Å². The van der Waals surface area contributed by atoms with Crippen molar-refractivity contribution < 1.29 is 17.0 Å². The number of allylic oxidation sites excluding steroid dienone is 9. The van der Waals surface area contributed by atoms with Gasteiger partial charge in [-0.1, -0.05) is 0 Å². The third kappa shape index (κ3) is 5.82. The predicted octanol–water partition coefficient (Wildman–Crippen LogP) is 2.06. The van der Waals surface area contributed by atoms with Crippen molar-refractivity contribution in [2.45, 2.75) is 0 Å². The average Bonchev–Trinajstić information content (AvgIpc) is 2.84. The molecule has 0 N–H and O–H groups in total. The maximum absolute atomic E-state index is 2.38. The van der Waals surface area contributed by atoms with Crippen molar-refractivity contribution in [1.82, 2.24) is 0 Å². The SMILES string of the molecule is CN(C)c1ccc(C2=CC(=C3C=CC(=[N+](C)C)C=C3)[Se]C(c3ccc(N(C)C)cc3)=C2)cc1.[Cl-]. The summed E-state index contributed by atoms with van der Waals surface area (Å²) in [6, 6.07) is 17.8. The van der Waals surface area contributed by atoms with Crippen LogP contribution in [0.15, 0.2) is 95.0 Å². The van der Waals surface area contributed by atoms with Gasteiger partial charge in [-0.3, -0.25) is 0 Å². The fourth-order valence-corrected chi connectivity index (χ4v) is 6.10. The van der Waals surface area contributed by atoms with Crippen LogP contribution in [-0.2, 0) is 0 Å². The largest absolute Gasteiger partial charge is 1.00 e. The fourth-order valence-electron chi connectivity index (χ4n) is 3.75. The molecule has 0 saturated heterocycles. The molecular weight excluding hydrogens is 505 g/mol. The van der Waals surface area contributed by atoms with Gasteiger partial charge in [-0.15, -0.1) is 0 Å². The molecule has 0 amide bonds. The Morgan fingerprint density at radius 1 is 0.647 bits per heavy atom. The van der Waals surface area contributed by atoms with E-state index in [-0.39, 0.29) is 27.4 Å². The second-order valence-electron chi connectivity index (χ2n) is 8.90. The Hall–Kier alpha value is -2.78. The molecule has 0 radical (unpaired) electrons. The quantitative estimate of drug-likeness (QED) is 0.437. The summed E-state index contributed by atoms with van der Waals surface area (Å²) >= 11 is 0.229. The van der Waals surface area contributed by atoms with E-state index in [0.717, 1.165) is 0 Å². The first kappa shape index (κ1) is 25.8. The van der Waals surface area contributed by atoms with E-state index in [4.69, 9.17) is 0 Å². The molecule has 0 atom stereocenters. The first-order valence-electron chi connectivity index (χ1n) is 11.1. The second kappa shape index (κ2) is 11.1. The molecule has 34 heavy (non-hydrogen) atoms. The molecule has 5 heteroatoms. The van der Waals surface area contributed by atoms with Gasteiger partial charge in [0, 0.05) is 0 Å². The van der Waals surface area contributed by atoms with Crippen molar-refractivity contribution in [2.75, 3.05) is 52.1 Å². The Morgan fingerprint density at radius 2 is 1.15 bits per heavy atom. The molecular formula is C29H32ClN3Se. The average molecular weight is 537 g/mol. The van der Waals surface area contributed by atoms with Gasteiger partial charge in [-0.2, -0.15) is 0 Å². The molecule has 2 aliphatic rings. The summed E-state index contributed by atoms with van der Waals surface area (Å²) < 4.78 is 4.97. The predicted molar refractivity (Wildman–Crippen MR) is 146 cm³/mol. The van der Waals surface area contributed by atoms with Crippen LogP contribution in [0, 0.1) is 0 Å². The summed E-state index contributed by atoms with van der Waals surface area (Å²) in [5, 5.41) is 0. The van der Waals surface area contributed by atoms with E-state index in [0.29, 0.717) is 0 Å². The van der Waals surface area contributed by atoms with E-state index in [2.05, 4.69) is 142 Å². The van der Waals surface area contributed by atoms with Crippen LogP contribution in [0.1, 0.15) is 11.1 Å². The molecule has 0 fully saturated rings. The number of rotatable bonds is 4. The molecule has 176 valence electrons. The summed E-state index contributed by atoms with van der Waals surface area (Å²) in [4.78, 5) is 4.28. The molecule has 0 bridgehead atoms. The third-order valence-corrected chi connectivity index (χ3v) is 8.25. The normalized spacial score (nSPS) is 14.9. The van der Waals surface area contributed by atoms with E-state index in [1.807, 2.05) is 0 Å². The van der Waals surface area contributed by atoms with E-state index in [1.54, 1.807) is 0 Å². The molecule has 3 nitrogen and oxygen atoms in total. The Bertz CT molecular complexity index is 1200. The molecule has 1 aliphatic heterocycles. The molecule has 2 aromatic carbocycles. The van der Waals surface area contributed by atoms with E-state index < -0.39 is 0 Å². The third-order valence-electron chi connectivity index (χ3n) is 5.85. The first-order chi connectivity index (χ1) is 15.8. The molecule has 1 heterocycles. The monoisotopic (exact) mass is 537 g/mol. The Morgan fingerprint density at radius 3 is 1.62 bits per heavy atom. The summed E-state index contributed by atoms with van der Waals surface area (Å²) in [5.74, 6) is 0. The Balaban J connectivity index is 0.00000324. The van der Waals surface area contributed by atoms with Gasteiger partial charge >= 0.3 is 205 Å². The van der Waals surface area contributed by atoms with Gasteiger partial charge in [0.25, 0.3) is 0 Å². The molecule has 1 aliphatic carbocycles. The van der Waals surface area contributed by atoms with E-state index >= 15 is 0 Å². The number of anilines is 2. The molecule has 4 rings (SSSR count). The van der Waals surface area contributed by atoms with Gasteiger partial charge in [0.1, 0.15) is 0 Å². The van der Waals surface area contributed by atoms with Crippen LogP contribution in [0.5, 0.6) is 0 Å². The summed E-state index contributed by atoms with van der Waals surface area (Å²) in [7, 11) is 12.5. The van der Waals surface area contributed by atoms with Crippen molar-refractivity contribution >= 4 is 42.1 Å². The Labute approximate surface area is 216 Å². The number of benzene rings is 2. The number of hydrogen-bond donors (Lipinski definition) is 0. The number of halogens is 1.